The summed E-state index contributed by atoms with van der Waals surface area (Å²) in [6.07, 6.45) is 2.26. The summed E-state index contributed by atoms with van der Waals surface area (Å²) in [6.45, 7) is 2.42. The molecule has 32 heavy (non-hydrogen) atoms. The highest BCUT2D eigenvalue weighted by atomic mass is 32.2. The Bertz CT molecular complexity index is 1170. The molecular weight excluding hydrogens is 423 g/mol. The van der Waals surface area contributed by atoms with E-state index in [0.29, 0.717) is 29.1 Å². The molecule has 0 fully saturated rings. The summed E-state index contributed by atoms with van der Waals surface area (Å²) in [6, 6.07) is 21.9. The van der Waals surface area contributed by atoms with E-state index >= 15 is 0 Å². The summed E-state index contributed by atoms with van der Waals surface area (Å²) in [7, 11) is 0. The molecule has 0 atom stereocenters. The van der Waals surface area contributed by atoms with Crippen LogP contribution in [0.4, 0.5) is 10.1 Å². The van der Waals surface area contributed by atoms with Gasteiger partial charge in [-0.2, -0.15) is 0 Å². The molecule has 6 heteroatoms. The molecule has 162 valence electrons. The van der Waals surface area contributed by atoms with Crippen LogP contribution >= 0.6 is 11.8 Å². The average molecular weight is 447 g/mol. The molecule has 0 aliphatic carbocycles. The summed E-state index contributed by atoms with van der Waals surface area (Å²) >= 11 is 1.29. The molecule has 0 saturated carbocycles. The largest absolute Gasteiger partial charge is 0.354 e. The number of amides is 2. The van der Waals surface area contributed by atoms with Crippen molar-refractivity contribution < 1.29 is 14.0 Å². The Morgan fingerprint density at radius 1 is 1.03 bits per heavy atom. The number of benzene rings is 3. The second kappa shape index (κ2) is 9.83. The average Bonchev–Trinajstić information content (AvgIpc) is 2.79. The van der Waals surface area contributed by atoms with E-state index in [1.807, 2.05) is 55.5 Å². The van der Waals surface area contributed by atoms with Crippen LogP contribution < -0.4 is 10.2 Å². The van der Waals surface area contributed by atoms with Crippen molar-refractivity contribution in [2.24, 2.45) is 0 Å². The maximum Gasteiger partial charge on any atom is 0.265 e. The van der Waals surface area contributed by atoms with Gasteiger partial charge in [0.05, 0.1) is 10.6 Å². The smallest absolute Gasteiger partial charge is 0.265 e. The van der Waals surface area contributed by atoms with E-state index < -0.39 is 5.82 Å². The number of para-hydroxylation sites is 1. The molecule has 1 aliphatic rings. The lowest BCUT2D eigenvalue weighted by Gasteiger charge is -2.29. The molecule has 3 aromatic carbocycles. The summed E-state index contributed by atoms with van der Waals surface area (Å²) in [5, 5.41) is 2.90. The number of carbonyl (C=O) groups excluding carboxylic acids is 2. The Balaban J connectivity index is 1.48. The molecule has 4 rings (SSSR count). The summed E-state index contributed by atoms with van der Waals surface area (Å²) in [5.41, 5.74) is 3.35. The van der Waals surface area contributed by atoms with Gasteiger partial charge in [0, 0.05) is 17.0 Å². The van der Waals surface area contributed by atoms with Crippen LogP contribution in [0.15, 0.2) is 82.6 Å². The number of rotatable bonds is 6. The third-order valence-electron chi connectivity index (χ3n) is 5.18. The van der Waals surface area contributed by atoms with Gasteiger partial charge in [-0.05, 0) is 43.2 Å². The number of nitrogens with zero attached hydrogens (tertiary/aromatic N) is 1. The van der Waals surface area contributed by atoms with E-state index in [1.165, 1.54) is 28.3 Å². The van der Waals surface area contributed by atoms with Gasteiger partial charge in [-0.1, -0.05) is 71.9 Å². The van der Waals surface area contributed by atoms with Crippen molar-refractivity contribution in [1.29, 1.82) is 0 Å². The van der Waals surface area contributed by atoms with Crippen LogP contribution in [0.1, 0.15) is 16.7 Å². The van der Waals surface area contributed by atoms with Crippen LogP contribution in [0.25, 0.3) is 6.08 Å². The number of nitrogens with one attached hydrogen (secondary N) is 1. The number of halogens is 1. The fourth-order valence-corrected chi connectivity index (χ4v) is 4.50. The van der Waals surface area contributed by atoms with E-state index in [-0.39, 0.29) is 18.4 Å². The van der Waals surface area contributed by atoms with Crippen molar-refractivity contribution in [3.8, 4) is 0 Å². The Hall–Kier alpha value is -3.38. The van der Waals surface area contributed by atoms with Crippen molar-refractivity contribution in [3.05, 3.63) is 100 Å². The molecule has 1 aliphatic heterocycles. The molecule has 1 N–H and O–H groups in total. The summed E-state index contributed by atoms with van der Waals surface area (Å²) in [4.78, 5) is 28.5. The van der Waals surface area contributed by atoms with Crippen LogP contribution in [0.2, 0.25) is 0 Å². The van der Waals surface area contributed by atoms with Crippen LogP contribution in [0.5, 0.6) is 0 Å². The third-order valence-corrected chi connectivity index (χ3v) is 6.26. The lowest BCUT2D eigenvalue weighted by molar-refractivity contribution is -0.122. The number of hydrogen-bond acceptors (Lipinski definition) is 3. The second-order valence-electron chi connectivity index (χ2n) is 7.58. The summed E-state index contributed by atoms with van der Waals surface area (Å²) < 4.78 is 14.1. The van der Waals surface area contributed by atoms with Crippen molar-refractivity contribution >= 4 is 35.3 Å². The second-order valence-corrected chi connectivity index (χ2v) is 8.66. The van der Waals surface area contributed by atoms with Gasteiger partial charge in [-0.3, -0.25) is 14.5 Å². The van der Waals surface area contributed by atoms with Crippen LogP contribution in [-0.2, 0) is 16.0 Å². The van der Waals surface area contributed by atoms with Crippen molar-refractivity contribution in [1.82, 2.24) is 5.32 Å². The fraction of sp³-hybridized carbons (Fsp3) is 0.154. The number of carbonyl (C=O) groups is 2. The zero-order valence-electron chi connectivity index (χ0n) is 17.7. The molecule has 0 aromatic heterocycles. The van der Waals surface area contributed by atoms with Gasteiger partial charge in [0.25, 0.3) is 5.91 Å². The maximum atomic E-state index is 14.1. The first-order valence-electron chi connectivity index (χ1n) is 10.4. The van der Waals surface area contributed by atoms with E-state index in [1.54, 1.807) is 24.3 Å². The lowest BCUT2D eigenvalue weighted by atomic mass is 10.1. The van der Waals surface area contributed by atoms with Crippen LogP contribution in [0, 0.1) is 12.7 Å². The SMILES string of the molecule is Cc1ccc(CCNC(=O)CN2C(=O)C(=Cc3ccccc3F)Sc3ccccc32)cc1. The van der Waals surface area contributed by atoms with Gasteiger partial charge in [-0.25, -0.2) is 4.39 Å². The molecule has 2 amide bonds. The fourth-order valence-electron chi connectivity index (χ4n) is 3.45. The minimum Gasteiger partial charge on any atom is -0.354 e. The van der Waals surface area contributed by atoms with Gasteiger partial charge in [0.15, 0.2) is 0 Å². The van der Waals surface area contributed by atoms with Crippen LogP contribution in [0.3, 0.4) is 0 Å². The number of thioether (sulfide) groups is 1. The number of hydrogen-bond donors (Lipinski definition) is 1. The first kappa shape index (κ1) is 21.8. The van der Waals surface area contributed by atoms with Crippen molar-refractivity contribution in [3.63, 3.8) is 0 Å². The van der Waals surface area contributed by atoms with Crippen molar-refractivity contribution in [2.75, 3.05) is 18.0 Å². The first-order chi connectivity index (χ1) is 15.5. The van der Waals surface area contributed by atoms with E-state index in [9.17, 15) is 14.0 Å². The summed E-state index contributed by atoms with van der Waals surface area (Å²) in [5.74, 6) is -0.948. The highest BCUT2D eigenvalue weighted by Gasteiger charge is 2.30. The molecule has 0 radical (unpaired) electrons. The highest BCUT2D eigenvalue weighted by Crippen LogP contribution is 2.42. The number of aryl methyl sites for hydroxylation is 1. The van der Waals surface area contributed by atoms with Crippen LogP contribution in [-0.4, -0.2) is 24.9 Å². The molecule has 0 unspecified atom stereocenters. The Labute approximate surface area is 191 Å². The number of fused-ring (bicyclic) bond motifs is 1. The predicted octanol–water partition coefficient (Wildman–Crippen LogP) is 4.97. The van der Waals surface area contributed by atoms with E-state index in [0.717, 1.165) is 10.5 Å². The van der Waals surface area contributed by atoms with Crippen molar-refractivity contribution in [2.45, 2.75) is 18.2 Å². The standard InChI is InChI=1S/C26H23FN2O2S/c1-18-10-12-19(13-11-18)14-15-28-25(30)17-29-22-8-4-5-9-23(22)32-24(26(29)31)16-20-6-2-3-7-21(20)27/h2-13,16H,14-15,17H2,1H3,(H,28,30). The molecule has 0 saturated heterocycles. The Kier molecular flexibility index (Phi) is 6.71. The first-order valence-corrected chi connectivity index (χ1v) is 11.2. The molecule has 0 bridgehead atoms. The topological polar surface area (TPSA) is 49.4 Å². The minimum atomic E-state index is -0.396. The lowest BCUT2D eigenvalue weighted by Crippen LogP contribution is -2.43. The Morgan fingerprint density at radius 3 is 2.53 bits per heavy atom. The maximum absolute atomic E-state index is 14.1. The third kappa shape index (κ3) is 5.08. The van der Waals surface area contributed by atoms with E-state index in [4.69, 9.17) is 0 Å². The zero-order valence-corrected chi connectivity index (χ0v) is 18.5. The van der Waals surface area contributed by atoms with Gasteiger partial charge in [-0.15, -0.1) is 0 Å². The predicted molar refractivity (Wildman–Crippen MR) is 127 cm³/mol. The quantitative estimate of drug-likeness (QED) is 0.544. The minimum absolute atomic E-state index is 0.0983. The van der Waals surface area contributed by atoms with Gasteiger partial charge in [0.1, 0.15) is 12.4 Å². The molecule has 0 spiro atoms. The molecule has 4 nitrogen and oxygen atoms in total. The van der Waals surface area contributed by atoms with Gasteiger partial charge < -0.3 is 5.32 Å². The normalized spacial score (nSPS) is 14.4. The monoisotopic (exact) mass is 446 g/mol. The zero-order chi connectivity index (χ0) is 22.5. The van der Waals surface area contributed by atoms with Gasteiger partial charge >= 0.3 is 0 Å². The number of anilines is 1. The molecular formula is C26H23FN2O2S. The Morgan fingerprint density at radius 2 is 1.75 bits per heavy atom. The van der Waals surface area contributed by atoms with E-state index in [2.05, 4.69) is 5.32 Å². The highest BCUT2D eigenvalue weighted by molar-refractivity contribution is 8.04. The van der Waals surface area contributed by atoms with Gasteiger partial charge in [0.2, 0.25) is 5.91 Å². The molecule has 3 aromatic rings. The molecule has 1 heterocycles.